The minimum Gasteiger partial charge on any atom is -0.393 e. The number of rotatable bonds is 4. The number of benzene rings is 1. The van der Waals surface area contributed by atoms with Gasteiger partial charge in [-0.3, -0.25) is 14.5 Å². The Morgan fingerprint density at radius 3 is 2.74 bits per heavy atom. The number of aliphatic hydroxyl groups excluding tert-OH is 1. The molecule has 2 saturated heterocycles. The van der Waals surface area contributed by atoms with Gasteiger partial charge in [0.15, 0.2) is 0 Å². The highest BCUT2D eigenvalue weighted by molar-refractivity contribution is 5.97. The summed E-state index contributed by atoms with van der Waals surface area (Å²) in [5.74, 6) is 0.0756. The van der Waals surface area contributed by atoms with E-state index in [-0.39, 0.29) is 17.9 Å². The molecule has 2 fully saturated rings. The third-order valence-corrected chi connectivity index (χ3v) is 4.44. The molecule has 0 unspecified atom stereocenters. The summed E-state index contributed by atoms with van der Waals surface area (Å²) in [7, 11) is 0. The van der Waals surface area contributed by atoms with Crippen molar-refractivity contribution in [3.63, 3.8) is 0 Å². The van der Waals surface area contributed by atoms with Crippen LogP contribution in [0.15, 0.2) is 24.3 Å². The van der Waals surface area contributed by atoms with Crippen molar-refractivity contribution in [3.8, 4) is 0 Å². The highest BCUT2D eigenvalue weighted by Gasteiger charge is 2.22. The van der Waals surface area contributed by atoms with Crippen LogP contribution in [0.3, 0.4) is 0 Å². The average Bonchev–Trinajstić information content (AvgIpc) is 2.96. The standard InChI is InChI=1S/C17H23N3O3/c21-15-6-9-19(10-7-15)12-16(22)18-13-3-1-4-14(11-13)20-8-2-5-17(20)23/h1,3-4,11,15,21H,2,5-10,12H2,(H,18,22). The maximum absolute atomic E-state index is 12.2. The Morgan fingerprint density at radius 1 is 1.26 bits per heavy atom. The van der Waals surface area contributed by atoms with Crippen LogP contribution < -0.4 is 10.2 Å². The van der Waals surface area contributed by atoms with Crippen LogP contribution in [0.25, 0.3) is 0 Å². The van der Waals surface area contributed by atoms with Crippen molar-refractivity contribution in [2.45, 2.75) is 31.8 Å². The summed E-state index contributed by atoms with van der Waals surface area (Å²) in [6.07, 6.45) is 2.69. The number of hydrogen-bond acceptors (Lipinski definition) is 4. The van der Waals surface area contributed by atoms with Gasteiger partial charge in [-0.15, -0.1) is 0 Å². The zero-order valence-electron chi connectivity index (χ0n) is 13.2. The van der Waals surface area contributed by atoms with Gasteiger partial charge in [0, 0.05) is 37.4 Å². The Balaban J connectivity index is 1.57. The van der Waals surface area contributed by atoms with Gasteiger partial charge >= 0.3 is 0 Å². The molecule has 0 aromatic heterocycles. The van der Waals surface area contributed by atoms with Crippen molar-refractivity contribution >= 4 is 23.2 Å². The third kappa shape index (κ3) is 4.09. The highest BCUT2D eigenvalue weighted by Crippen LogP contribution is 2.24. The van der Waals surface area contributed by atoms with Crippen molar-refractivity contribution in [2.75, 3.05) is 36.4 Å². The van der Waals surface area contributed by atoms with Gasteiger partial charge in [-0.05, 0) is 37.5 Å². The molecule has 0 bridgehead atoms. The lowest BCUT2D eigenvalue weighted by Gasteiger charge is -2.28. The first kappa shape index (κ1) is 16.0. The quantitative estimate of drug-likeness (QED) is 0.875. The lowest BCUT2D eigenvalue weighted by atomic mass is 10.1. The largest absolute Gasteiger partial charge is 0.393 e. The lowest BCUT2D eigenvalue weighted by molar-refractivity contribution is -0.118. The fourth-order valence-corrected chi connectivity index (χ4v) is 3.15. The lowest BCUT2D eigenvalue weighted by Crippen LogP contribution is -2.40. The molecular weight excluding hydrogens is 294 g/mol. The fourth-order valence-electron chi connectivity index (χ4n) is 3.15. The van der Waals surface area contributed by atoms with Gasteiger partial charge in [0.2, 0.25) is 11.8 Å². The van der Waals surface area contributed by atoms with Crippen LogP contribution in [0, 0.1) is 0 Å². The molecule has 6 heteroatoms. The van der Waals surface area contributed by atoms with E-state index in [1.807, 2.05) is 24.3 Å². The first-order valence-electron chi connectivity index (χ1n) is 8.22. The Labute approximate surface area is 136 Å². The van der Waals surface area contributed by atoms with Crippen LogP contribution in [0.2, 0.25) is 0 Å². The molecule has 6 nitrogen and oxygen atoms in total. The highest BCUT2D eigenvalue weighted by atomic mass is 16.3. The van der Waals surface area contributed by atoms with Crippen molar-refractivity contribution in [2.24, 2.45) is 0 Å². The summed E-state index contributed by atoms with van der Waals surface area (Å²) < 4.78 is 0. The molecule has 0 spiro atoms. The van der Waals surface area contributed by atoms with E-state index < -0.39 is 0 Å². The average molecular weight is 317 g/mol. The number of amides is 2. The number of likely N-dealkylation sites (tertiary alicyclic amines) is 1. The monoisotopic (exact) mass is 317 g/mol. The number of hydrogen-bond donors (Lipinski definition) is 2. The molecule has 2 heterocycles. The van der Waals surface area contributed by atoms with Gasteiger partial charge in [-0.25, -0.2) is 0 Å². The summed E-state index contributed by atoms with van der Waals surface area (Å²) >= 11 is 0. The van der Waals surface area contributed by atoms with Crippen LogP contribution in [-0.2, 0) is 9.59 Å². The van der Waals surface area contributed by atoms with E-state index >= 15 is 0 Å². The molecule has 0 atom stereocenters. The number of carbonyl (C=O) groups is 2. The normalized spacial score (nSPS) is 20.0. The third-order valence-electron chi connectivity index (χ3n) is 4.44. The van der Waals surface area contributed by atoms with E-state index in [2.05, 4.69) is 10.2 Å². The molecule has 1 aromatic carbocycles. The second kappa shape index (κ2) is 7.10. The molecule has 0 saturated carbocycles. The van der Waals surface area contributed by atoms with E-state index in [9.17, 15) is 14.7 Å². The van der Waals surface area contributed by atoms with Crippen molar-refractivity contribution in [3.05, 3.63) is 24.3 Å². The Morgan fingerprint density at radius 2 is 2.04 bits per heavy atom. The van der Waals surface area contributed by atoms with Crippen LogP contribution >= 0.6 is 0 Å². The molecular formula is C17H23N3O3. The predicted octanol–water partition coefficient (Wildman–Crippen LogP) is 1.21. The number of nitrogens with one attached hydrogen (secondary N) is 1. The van der Waals surface area contributed by atoms with E-state index in [0.29, 0.717) is 18.7 Å². The van der Waals surface area contributed by atoms with Crippen molar-refractivity contribution in [1.29, 1.82) is 0 Å². The maximum atomic E-state index is 12.2. The Kier molecular flexibility index (Phi) is 4.93. The molecule has 2 N–H and O–H groups in total. The SMILES string of the molecule is O=C(CN1CCC(O)CC1)Nc1cccc(N2CCCC2=O)c1. The first-order valence-corrected chi connectivity index (χ1v) is 8.22. The van der Waals surface area contributed by atoms with E-state index in [1.54, 1.807) is 4.90 Å². The topological polar surface area (TPSA) is 72.9 Å². The van der Waals surface area contributed by atoms with Crippen LogP contribution in [0.5, 0.6) is 0 Å². The van der Waals surface area contributed by atoms with E-state index in [1.165, 1.54) is 0 Å². The molecule has 23 heavy (non-hydrogen) atoms. The number of anilines is 2. The molecule has 124 valence electrons. The van der Waals surface area contributed by atoms with Crippen molar-refractivity contribution in [1.82, 2.24) is 4.90 Å². The van der Waals surface area contributed by atoms with Crippen molar-refractivity contribution < 1.29 is 14.7 Å². The molecule has 2 aliphatic heterocycles. The second-order valence-corrected chi connectivity index (χ2v) is 6.25. The smallest absolute Gasteiger partial charge is 0.238 e. The summed E-state index contributed by atoms with van der Waals surface area (Å²) in [5, 5.41) is 12.4. The number of aliphatic hydroxyl groups is 1. The summed E-state index contributed by atoms with van der Waals surface area (Å²) in [6.45, 7) is 2.57. The van der Waals surface area contributed by atoms with E-state index in [0.717, 1.165) is 44.6 Å². The zero-order chi connectivity index (χ0) is 16.2. The van der Waals surface area contributed by atoms with Gasteiger partial charge in [-0.1, -0.05) is 6.07 Å². The Bertz CT molecular complexity index is 582. The molecule has 2 amide bonds. The van der Waals surface area contributed by atoms with Crippen LogP contribution in [-0.4, -0.2) is 54.1 Å². The molecule has 0 aliphatic carbocycles. The number of nitrogens with zero attached hydrogens (tertiary/aromatic N) is 2. The predicted molar refractivity (Wildman–Crippen MR) is 88.3 cm³/mol. The second-order valence-electron chi connectivity index (χ2n) is 6.25. The number of carbonyl (C=O) groups excluding carboxylic acids is 2. The molecule has 1 aromatic rings. The summed E-state index contributed by atoms with van der Waals surface area (Å²) in [5.41, 5.74) is 1.55. The minimum atomic E-state index is -0.232. The number of piperidine rings is 1. The Hall–Kier alpha value is -1.92. The maximum Gasteiger partial charge on any atom is 0.238 e. The van der Waals surface area contributed by atoms with Gasteiger partial charge in [0.25, 0.3) is 0 Å². The van der Waals surface area contributed by atoms with Crippen LogP contribution in [0.4, 0.5) is 11.4 Å². The molecule has 3 rings (SSSR count). The summed E-state index contributed by atoms with van der Waals surface area (Å²) in [4.78, 5) is 27.8. The molecule has 0 radical (unpaired) electrons. The van der Waals surface area contributed by atoms with E-state index in [4.69, 9.17) is 0 Å². The summed E-state index contributed by atoms with van der Waals surface area (Å²) in [6, 6.07) is 7.43. The van der Waals surface area contributed by atoms with Gasteiger partial charge in [0.05, 0.1) is 12.6 Å². The van der Waals surface area contributed by atoms with Gasteiger partial charge in [-0.2, -0.15) is 0 Å². The minimum absolute atomic E-state index is 0.0636. The van der Waals surface area contributed by atoms with Crippen LogP contribution in [0.1, 0.15) is 25.7 Å². The fraction of sp³-hybridized carbons (Fsp3) is 0.529. The first-order chi connectivity index (χ1) is 11.1. The van der Waals surface area contributed by atoms with Gasteiger partial charge in [0.1, 0.15) is 0 Å². The zero-order valence-corrected chi connectivity index (χ0v) is 13.2. The van der Waals surface area contributed by atoms with Gasteiger partial charge < -0.3 is 15.3 Å². The molecule has 2 aliphatic rings.